The van der Waals surface area contributed by atoms with Crippen LogP contribution in [0.2, 0.25) is 0 Å². The van der Waals surface area contributed by atoms with Crippen LogP contribution in [0.15, 0.2) is 22.7 Å². The average Bonchev–Trinajstić information content (AvgIpc) is 2.89. The Hall–Kier alpha value is -0.910. The van der Waals surface area contributed by atoms with Gasteiger partial charge >= 0.3 is 0 Å². The van der Waals surface area contributed by atoms with Gasteiger partial charge in [0.15, 0.2) is 0 Å². The standard InChI is InChI=1S/C15H21BrN2O2/c1-3-15(6-7-20-10-15)17-9-14(19)18-13-5-4-11(2)8-12(13)16/h4-5,8,17H,3,6-7,9-10H2,1-2H3,(H,18,19). The third kappa shape index (κ3) is 3.81. The molecule has 1 aromatic rings. The van der Waals surface area contributed by atoms with E-state index in [9.17, 15) is 4.79 Å². The number of anilines is 1. The molecule has 20 heavy (non-hydrogen) atoms. The molecule has 5 heteroatoms. The van der Waals surface area contributed by atoms with Crippen molar-refractivity contribution >= 4 is 27.5 Å². The zero-order valence-corrected chi connectivity index (χ0v) is 13.5. The molecule has 1 aliphatic rings. The quantitative estimate of drug-likeness (QED) is 0.866. The summed E-state index contributed by atoms with van der Waals surface area (Å²) in [6, 6.07) is 5.87. The molecule has 1 atom stereocenters. The molecule has 2 rings (SSSR count). The number of amides is 1. The highest BCUT2D eigenvalue weighted by Crippen LogP contribution is 2.24. The zero-order valence-electron chi connectivity index (χ0n) is 12.0. The number of hydrogen-bond donors (Lipinski definition) is 2. The lowest BCUT2D eigenvalue weighted by Gasteiger charge is -2.27. The Bertz CT molecular complexity index is 485. The highest BCUT2D eigenvalue weighted by Gasteiger charge is 2.32. The number of carbonyl (C=O) groups excluding carboxylic acids is 1. The molecule has 0 spiro atoms. The smallest absolute Gasteiger partial charge is 0.238 e. The minimum Gasteiger partial charge on any atom is -0.379 e. The molecule has 0 saturated carbocycles. The highest BCUT2D eigenvalue weighted by atomic mass is 79.9. The summed E-state index contributed by atoms with van der Waals surface area (Å²) in [4.78, 5) is 12.0. The van der Waals surface area contributed by atoms with Crippen molar-refractivity contribution in [3.8, 4) is 0 Å². The third-order valence-corrected chi connectivity index (χ3v) is 4.46. The van der Waals surface area contributed by atoms with Crippen LogP contribution in [0, 0.1) is 6.92 Å². The first-order valence-electron chi connectivity index (χ1n) is 6.93. The predicted octanol–water partition coefficient (Wildman–Crippen LogP) is 2.85. The average molecular weight is 341 g/mol. The SMILES string of the molecule is CCC1(NCC(=O)Nc2ccc(C)cc2Br)CCOC1. The van der Waals surface area contributed by atoms with E-state index < -0.39 is 0 Å². The Balaban J connectivity index is 1.89. The van der Waals surface area contributed by atoms with E-state index in [-0.39, 0.29) is 11.4 Å². The molecule has 110 valence electrons. The lowest BCUT2D eigenvalue weighted by atomic mass is 9.95. The van der Waals surface area contributed by atoms with Crippen molar-refractivity contribution in [2.45, 2.75) is 32.2 Å². The van der Waals surface area contributed by atoms with Crippen LogP contribution in [0.4, 0.5) is 5.69 Å². The topological polar surface area (TPSA) is 50.4 Å². The molecule has 1 saturated heterocycles. The monoisotopic (exact) mass is 340 g/mol. The van der Waals surface area contributed by atoms with Gasteiger partial charge < -0.3 is 15.4 Å². The number of benzene rings is 1. The Morgan fingerprint density at radius 3 is 2.90 bits per heavy atom. The van der Waals surface area contributed by atoms with Crippen molar-refractivity contribution in [1.82, 2.24) is 5.32 Å². The zero-order chi connectivity index (χ0) is 14.6. The second kappa shape index (κ2) is 6.70. The highest BCUT2D eigenvalue weighted by molar-refractivity contribution is 9.10. The molecule has 1 unspecified atom stereocenters. The second-order valence-electron chi connectivity index (χ2n) is 5.32. The Kier molecular flexibility index (Phi) is 5.18. The summed E-state index contributed by atoms with van der Waals surface area (Å²) >= 11 is 3.46. The lowest BCUT2D eigenvalue weighted by molar-refractivity contribution is -0.115. The molecule has 0 aliphatic carbocycles. The van der Waals surface area contributed by atoms with Gasteiger partial charge in [-0.1, -0.05) is 13.0 Å². The molecule has 1 aliphatic heterocycles. The summed E-state index contributed by atoms with van der Waals surface area (Å²) in [7, 11) is 0. The Labute approximate surface area is 128 Å². The number of rotatable bonds is 5. The van der Waals surface area contributed by atoms with E-state index in [1.165, 1.54) is 0 Å². The first-order valence-corrected chi connectivity index (χ1v) is 7.73. The molecule has 0 radical (unpaired) electrons. The van der Waals surface area contributed by atoms with E-state index in [1.807, 2.05) is 25.1 Å². The van der Waals surface area contributed by atoms with Crippen LogP contribution < -0.4 is 10.6 Å². The maximum atomic E-state index is 12.0. The maximum Gasteiger partial charge on any atom is 0.238 e. The molecular formula is C15H21BrN2O2. The van der Waals surface area contributed by atoms with E-state index >= 15 is 0 Å². The van der Waals surface area contributed by atoms with Gasteiger partial charge in [-0.2, -0.15) is 0 Å². The minimum absolute atomic E-state index is 0.0331. The molecule has 0 aromatic heterocycles. The van der Waals surface area contributed by atoms with E-state index in [4.69, 9.17) is 4.74 Å². The summed E-state index contributed by atoms with van der Waals surface area (Å²) in [6.45, 7) is 5.90. The van der Waals surface area contributed by atoms with Crippen LogP contribution in [-0.4, -0.2) is 31.2 Å². The summed E-state index contributed by atoms with van der Waals surface area (Å²) in [5.41, 5.74) is 1.92. The van der Waals surface area contributed by atoms with E-state index in [1.54, 1.807) is 0 Å². The van der Waals surface area contributed by atoms with E-state index in [2.05, 4.69) is 33.5 Å². The van der Waals surface area contributed by atoms with Gasteiger partial charge in [-0.25, -0.2) is 0 Å². The summed E-state index contributed by atoms with van der Waals surface area (Å²) in [6.07, 6.45) is 1.93. The largest absolute Gasteiger partial charge is 0.379 e. The summed E-state index contributed by atoms with van der Waals surface area (Å²) in [5.74, 6) is -0.0331. The van der Waals surface area contributed by atoms with Crippen LogP contribution in [0.1, 0.15) is 25.3 Å². The molecule has 1 fully saturated rings. The summed E-state index contributed by atoms with van der Waals surface area (Å²) < 4.78 is 6.34. The van der Waals surface area contributed by atoms with Gasteiger partial charge in [-0.05, 0) is 53.4 Å². The van der Waals surface area contributed by atoms with Crippen LogP contribution in [0.3, 0.4) is 0 Å². The Morgan fingerprint density at radius 1 is 1.50 bits per heavy atom. The number of carbonyl (C=O) groups is 1. The first-order chi connectivity index (χ1) is 9.54. The van der Waals surface area contributed by atoms with Crippen molar-refractivity contribution in [1.29, 1.82) is 0 Å². The van der Waals surface area contributed by atoms with E-state index in [0.29, 0.717) is 13.2 Å². The van der Waals surface area contributed by atoms with Gasteiger partial charge in [0.1, 0.15) is 0 Å². The van der Waals surface area contributed by atoms with Crippen LogP contribution in [0.25, 0.3) is 0 Å². The second-order valence-corrected chi connectivity index (χ2v) is 6.18. The molecule has 1 heterocycles. The number of hydrogen-bond acceptors (Lipinski definition) is 3. The van der Waals surface area contributed by atoms with Gasteiger partial charge in [0, 0.05) is 16.6 Å². The van der Waals surface area contributed by atoms with Crippen molar-refractivity contribution < 1.29 is 9.53 Å². The van der Waals surface area contributed by atoms with Crippen molar-refractivity contribution in [2.24, 2.45) is 0 Å². The van der Waals surface area contributed by atoms with Gasteiger partial charge in [0.05, 0.1) is 18.8 Å². The fourth-order valence-electron chi connectivity index (χ4n) is 2.33. The van der Waals surface area contributed by atoms with Crippen LogP contribution in [-0.2, 0) is 9.53 Å². The first kappa shape index (κ1) is 15.5. The number of halogens is 1. The normalized spacial score (nSPS) is 21.9. The molecule has 4 nitrogen and oxygen atoms in total. The van der Waals surface area contributed by atoms with Gasteiger partial charge in [-0.15, -0.1) is 0 Å². The summed E-state index contributed by atoms with van der Waals surface area (Å²) in [5, 5.41) is 6.26. The number of nitrogens with one attached hydrogen (secondary N) is 2. The molecule has 1 aromatic carbocycles. The molecule has 0 bridgehead atoms. The minimum atomic E-state index is -0.0398. The number of aryl methyl sites for hydroxylation is 1. The molecular weight excluding hydrogens is 320 g/mol. The van der Waals surface area contributed by atoms with Crippen molar-refractivity contribution in [3.05, 3.63) is 28.2 Å². The van der Waals surface area contributed by atoms with Gasteiger partial charge in [0.25, 0.3) is 0 Å². The molecule has 2 N–H and O–H groups in total. The maximum absolute atomic E-state index is 12.0. The third-order valence-electron chi connectivity index (χ3n) is 3.80. The van der Waals surface area contributed by atoms with Crippen molar-refractivity contribution in [3.63, 3.8) is 0 Å². The van der Waals surface area contributed by atoms with E-state index in [0.717, 1.165) is 35.2 Å². The fourth-order valence-corrected chi connectivity index (χ4v) is 2.93. The number of ether oxygens (including phenoxy) is 1. The van der Waals surface area contributed by atoms with Gasteiger partial charge in [-0.3, -0.25) is 4.79 Å². The fraction of sp³-hybridized carbons (Fsp3) is 0.533. The van der Waals surface area contributed by atoms with Crippen molar-refractivity contribution in [2.75, 3.05) is 25.1 Å². The lowest BCUT2D eigenvalue weighted by Crippen LogP contribution is -2.48. The van der Waals surface area contributed by atoms with Gasteiger partial charge in [0.2, 0.25) is 5.91 Å². The van der Waals surface area contributed by atoms with Crippen LogP contribution >= 0.6 is 15.9 Å². The van der Waals surface area contributed by atoms with Crippen LogP contribution in [0.5, 0.6) is 0 Å². The molecule has 1 amide bonds. The predicted molar refractivity (Wildman–Crippen MR) is 84.0 cm³/mol. The Morgan fingerprint density at radius 2 is 2.30 bits per heavy atom.